The summed E-state index contributed by atoms with van der Waals surface area (Å²) in [5.74, 6) is 0.983. The van der Waals surface area contributed by atoms with Crippen molar-refractivity contribution >= 4 is 5.78 Å². The van der Waals surface area contributed by atoms with Crippen molar-refractivity contribution in [1.29, 1.82) is 0 Å². The van der Waals surface area contributed by atoms with Gasteiger partial charge in [0, 0.05) is 11.8 Å². The van der Waals surface area contributed by atoms with Crippen molar-refractivity contribution in [3.05, 3.63) is 42.5 Å². The van der Waals surface area contributed by atoms with Gasteiger partial charge in [-0.25, -0.2) is 0 Å². The Bertz CT molecular complexity index is 378. The van der Waals surface area contributed by atoms with E-state index in [9.17, 15) is 4.79 Å². The van der Waals surface area contributed by atoms with Crippen molar-refractivity contribution < 1.29 is 9.53 Å². The lowest BCUT2D eigenvalue weighted by molar-refractivity contribution is -0.117. The molecule has 0 radical (unpaired) electrons. The molecule has 0 heterocycles. The van der Waals surface area contributed by atoms with E-state index in [-0.39, 0.29) is 11.2 Å². The molecule has 2 nitrogen and oxygen atoms in total. The Kier molecular flexibility index (Phi) is 3.88. The highest BCUT2D eigenvalue weighted by Gasteiger charge is 2.24. The third-order valence-corrected chi connectivity index (χ3v) is 2.82. The van der Waals surface area contributed by atoms with E-state index >= 15 is 0 Å². The Morgan fingerprint density at radius 1 is 1.44 bits per heavy atom. The molecule has 0 aliphatic rings. The quantitative estimate of drug-likeness (QED) is 0.710. The summed E-state index contributed by atoms with van der Waals surface area (Å²) in [5.41, 5.74) is 0.788. The van der Waals surface area contributed by atoms with Crippen molar-refractivity contribution in [1.82, 2.24) is 0 Å². The lowest BCUT2D eigenvalue weighted by Gasteiger charge is -2.25. The molecule has 2 heteroatoms. The van der Waals surface area contributed by atoms with Gasteiger partial charge < -0.3 is 4.74 Å². The fraction of sp³-hybridized carbons (Fsp3) is 0.357. The number of rotatable bonds is 5. The first-order valence-corrected chi connectivity index (χ1v) is 5.29. The molecule has 0 saturated heterocycles. The van der Waals surface area contributed by atoms with E-state index in [2.05, 4.69) is 6.58 Å². The summed E-state index contributed by atoms with van der Waals surface area (Å²) in [6.45, 7) is 7.44. The minimum Gasteiger partial charge on any atom is -0.497 e. The molecule has 1 aromatic carbocycles. The number of ketones is 1. The van der Waals surface area contributed by atoms with Gasteiger partial charge in [-0.2, -0.15) is 0 Å². The fourth-order valence-electron chi connectivity index (χ4n) is 1.78. The average Bonchev–Trinajstić information content (AvgIpc) is 2.28. The summed E-state index contributed by atoms with van der Waals surface area (Å²) in [7, 11) is 1.64. The van der Waals surface area contributed by atoms with Crippen LogP contribution in [0.25, 0.3) is 0 Å². The van der Waals surface area contributed by atoms with Crippen LogP contribution in [0.15, 0.2) is 36.9 Å². The molecular formula is C14H18O2. The number of methoxy groups -OCH3 is 1. The highest BCUT2D eigenvalue weighted by Crippen LogP contribution is 2.30. The van der Waals surface area contributed by atoms with Gasteiger partial charge in [0.1, 0.15) is 11.5 Å². The van der Waals surface area contributed by atoms with E-state index in [0.717, 1.165) is 11.3 Å². The van der Waals surface area contributed by atoms with Crippen LogP contribution in [0.2, 0.25) is 0 Å². The molecule has 0 aliphatic carbocycles. The maximum Gasteiger partial charge on any atom is 0.131 e. The zero-order chi connectivity index (χ0) is 12.2. The number of benzene rings is 1. The van der Waals surface area contributed by atoms with Gasteiger partial charge in [-0.05, 0) is 24.6 Å². The van der Waals surface area contributed by atoms with Crippen LogP contribution in [0.3, 0.4) is 0 Å². The molecule has 0 aliphatic heterocycles. The number of Topliss-reactive ketones (excluding diaryl/α,β-unsaturated/α-hetero) is 1. The van der Waals surface area contributed by atoms with Crippen molar-refractivity contribution in [2.45, 2.75) is 25.7 Å². The molecule has 0 N–H and O–H groups in total. The van der Waals surface area contributed by atoms with E-state index in [1.165, 1.54) is 0 Å². The normalized spacial score (nSPS) is 13.9. The number of hydrogen-bond donors (Lipinski definition) is 0. The zero-order valence-corrected chi connectivity index (χ0v) is 10.1. The number of carbonyl (C=O) groups is 1. The molecule has 1 rings (SSSR count). The van der Waals surface area contributed by atoms with Crippen LogP contribution in [0.4, 0.5) is 0 Å². The molecule has 16 heavy (non-hydrogen) atoms. The summed E-state index contributed by atoms with van der Waals surface area (Å²) in [5, 5.41) is 0. The van der Waals surface area contributed by atoms with E-state index < -0.39 is 0 Å². The molecule has 1 unspecified atom stereocenters. The Hall–Kier alpha value is -1.57. The Labute approximate surface area is 96.9 Å². The van der Waals surface area contributed by atoms with Crippen LogP contribution in [-0.2, 0) is 10.2 Å². The maximum absolute atomic E-state index is 11.2. The molecule has 0 fully saturated rings. The van der Waals surface area contributed by atoms with Crippen LogP contribution in [0.1, 0.15) is 25.8 Å². The average molecular weight is 218 g/mol. The van der Waals surface area contributed by atoms with Gasteiger partial charge in [0.15, 0.2) is 0 Å². The third-order valence-electron chi connectivity index (χ3n) is 2.82. The molecular weight excluding hydrogens is 200 g/mol. The monoisotopic (exact) mass is 218 g/mol. The second-order valence-electron chi connectivity index (χ2n) is 4.23. The Morgan fingerprint density at radius 2 is 2.00 bits per heavy atom. The first-order valence-electron chi connectivity index (χ1n) is 5.29. The summed E-state index contributed by atoms with van der Waals surface area (Å²) in [6.07, 6.45) is 2.30. The predicted octanol–water partition coefficient (Wildman–Crippen LogP) is 3.12. The summed E-state index contributed by atoms with van der Waals surface area (Å²) < 4.78 is 5.10. The van der Waals surface area contributed by atoms with Gasteiger partial charge in [-0.15, -0.1) is 6.58 Å². The van der Waals surface area contributed by atoms with Crippen LogP contribution in [0.5, 0.6) is 5.75 Å². The minimum absolute atomic E-state index is 0.165. The first kappa shape index (κ1) is 12.5. The van der Waals surface area contributed by atoms with E-state index in [1.54, 1.807) is 14.0 Å². The highest BCUT2D eigenvalue weighted by atomic mass is 16.5. The highest BCUT2D eigenvalue weighted by molar-refractivity contribution is 5.77. The molecule has 0 amide bonds. The van der Waals surface area contributed by atoms with Gasteiger partial charge >= 0.3 is 0 Å². The second-order valence-corrected chi connectivity index (χ2v) is 4.23. The largest absolute Gasteiger partial charge is 0.497 e. The van der Waals surface area contributed by atoms with Crippen molar-refractivity contribution in [2.75, 3.05) is 7.11 Å². The summed E-state index contributed by atoms with van der Waals surface area (Å²) >= 11 is 0. The van der Waals surface area contributed by atoms with Crippen LogP contribution >= 0.6 is 0 Å². The summed E-state index contributed by atoms with van der Waals surface area (Å²) in [4.78, 5) is 11.2. The SMILES string of the molecule is C=CC(C)(CC(C)=O)c1ccc(OC)cc1. The van der Waals surface area contributed by atoms with Gasteiger partial charge in [-0.3, -0.25) is 4.79 Å². The number of ether oxygens (including phenoxy) is 1. The molecule has 1 aromatic rings. The topological polar surface area (TPSA) is 26.3 Å². The standard InChI is InChI=1S/C14H18O2/c1-5-14(3,10-11(2)15)12-6-8-13(16-4)9-7-12/h5-9H,1,10H2,2-4H3. The second kappa shape index (κ2) is 4.97. The third kappa shape index (κ3) is 2.72. The lowest BCUT2D eigenvalue weighted by atomic mass is 9.78. The number of hydrogen-bond acceptors (Lipinski definition) is 2. The van der Waals surface area contributed by atoms with Gasteiger partial charge in [0.25, 0.3) is 0 Å². The van der Waals surface area contributed by atoms with Crippen LogP contribution in [-0.4, -0.2) is 12.9 Å². The van der Waals surface area contributed by atoms with Crippen molar-refractivity contribution in [3.8, 4) is 5.75 Å². The molecule has 86 valence electrons. The molecule has 1 atom stereocenters. The molecule has 0 spiro atoms. The Morgan fingerprint density at radius 3 is 2.38 bits per heavy atom. The maximum atomic E-state index is 11.2. The molecule has 0 bridgehead atoms. The van der Waals surface area contributed by atoms with Crippen molar-refractivity contribution in [2.24, 2.45) is 0 Å². The predicted molar refractivity (Wildman–Crippen MR) is 65.8 cm³/mol. The fourth-order valence-corrected chi connectivity index (χ4v) is 1.78. The van der Waals surface area contributed by atoms with Crippen LogP contribution < -0.4 is 4.74 Å². The Balaban J connectivity index is 3.02. The lowest BCUT2D eigenvalue weighted by Crippen LogP contribution is -2.21. The first-order chi connectivity index (χ1) is 7.51. The van der Waals surface area contributed by atoms with Gasteiger partial charge in [0.2, 0.25) is 0 Å². The van der Waals surface area contributed by atoms with Crippen molar-refractivity contribution in [3.63, 3.8) is 0 Å². The van der Waals surface area contributed by atoms with E-state index in [0.29, 0.717) is 6.42 Å². The van der Waals surface area contributed by atoms with Crippen LogP contribution in [0, 0.1) is 0 Å². The number of allylic oxidation sites excluding steroid dienone is 1. The zero-order valence-electron chi connectivity index (χ0n) is 10.1. The van der Waals surface area contributed by atoms with E-state index in [1.807, 2.05) is 37.3 Å². The molecule has 0 aromatic heterocycles. The van der Waals surface area contributed by atoms with Gasteiger partial charge in [-0.1, -0.05) is 25.1 Å². The number of carbonyl (C=O) groups excluding carboxylic acids is 1. The van der Waals surface area contributed by atoms with Gasteiger partial charge in [0.05, 0.1) is 7.11 Å². The minimum atomic E-state index is -0.294. The smallest absolute Gasteiger partial charge is 0.131 e. The van der Waals surface area contributed by atoms with E-state index in [4.69, 9.17) is 4.74 Å². The molecule has 0 saturated carbocycles. The summed E-state index contributed by atoms with van der Waals surface area (Å²) in [6, 6.07) is 7.75.